The first-order valence-corrected chi connectivity index (χ1v) is 4.26. The first kappa shape index (κ1) is 10.2. The van der Waals surface area contributed by atoms with Crippen LogP contribution in [-0.2, 0) is 11.2 Å². The lowest BCUT2D eigenvalue weighted by atomic mass is 10.1. The van der Waals surface area contributed by atoms with Crippen LogP contribution in [0.2, 0.25) is 0 Å². The van der Waals surface area contributed by atoms with E-state index in [1.165, 1.54) is 0 Å². The molecule has 0 aliphatic carbocycles. The molecule has 0 aliphatic heterocycles. The van der Waals surface area contributed by atoms with Crippen LogP contribution in [0.3, 0.4) is 0 Å². The normalized spacial score (nSPS) is 9.71. The van der Waals surface area contributed by atoms with Crippen LogP contribution in [0.5, 0.6) is 0 Å². The molecule has 14 heavy (non-hydrogen) atoms. The number of hydrogen-bond donors (Lipinski definition) is 2. The van der Waals surface area contributed by atoms with Crippen LogP contribution in [0.25, 0.3) is 0 Å². The highest BCUT2D eigenvalue weighted by Gasteiger charge is 2.02. The van der Waals surface area contributed by atoms with E-state index in [9.17, 15) is 9.59 Å². The van der Waals surface area contributed by atoms with E-state index in [4.69, 9.17) is 11.5 Å². The van der Waals surface area contributed by atoms with Gasteiger partial charge in [-0.1, -0.05) is 12.1 Å². The monoisotopic (exact) mass is 192 g/mol. The fourth-order valence-corrected chi connectivity index (χ4v) is 1.15. The minimum absolute atomic E-state index is 0.280. The zero-order valence-electron chi connectivity index (χ0n) is 7.69. The summed E-state index contributed by atoms with van der Waals surface area (Å²) in [6.07, 6.45) is 0.818. The van der Waals surface area contributed by atoms with Gasteiger partial charge in [-0.3, -0.25) is 9.59 Å². The van der Waals surface area contributed by atoms with Crippen molar-refractivity contribution in [1.29, 1.82) is 0 Å². The molecule has 4 heteroatoms. The van der Waals surface area contributed by atoms with Crippen molar-refractivity contribution in [2.45, 2.75) is 12.8 Å². The maximum Gasteiger partial charge on any atom is 0.248 e. The molecule has 0 aliphatic rings. The summed E-state index contributed by atoms with van der Waals surface area (Å²) in [5.41, 5.74) is 11.5. The quantitative estimate of drug-likeness (QED) is 0.714. The second kappa shape index (κ2) is 4.41. The average molecular weight is 192 g/mol. The van der Waals surface area contributed by atoms with Crippen molar-refractivity contribution in [3.63, 3.8) is 0 Å². The molecule has 74 valence electrons. The van der Waals surface area contributed by atoms with Crippen LogP contribution in [-0.4, -0.2) is 11.8 Å². The first-order valence-electron chi connectivity index (χ1n) is 4.26. The maximum absolute atomic E-state index is 10.8. The highest BCUT2D eigenvalue weighted by Crippen LogP contribution is 2.06. The summed E-state index contributed by atoms with van der Waals surface area (Å²) in [5, 5.41) is 0. The smallest absolute Gasteiger partial charge is 0.248 e. The third-order valence-corrected chi connectivity index (χ3v) is 1.87. The molecular weight excluding hydrogens is 180 g/mol. The predicted octanol–water partition coefficient (Wildman–Crippen LogP) is 0.203. The number of aryl methyl sites for hydroxylation is 1. The fraction of sp³-hybridized carbons (Fsp3) is 0.200. The largest absolute Gasteiger partial charge is 0.370 e. The van der Waals surface area contributed by atoms with Crippen molar-refractivity contribution in [2.75, 3.05) is 0 Å². The molecule has 0 saturated carbocycles. The van der Waals surface area contributed by atoms with Crippen molar-refractivity contribution < 1.29 is 9.59 Å². The standard InChI is InChI=1S/C10H12N2O2/c11-9(13)5-4-7-2-1-3-8(6-7)10(12)14/h1-3,6H,4-5H2,(H2,11,13)(H2,12,14). The molecule has 0 unspecified atom stereocenters. The van der Waals surface area contributed by atoms with Gasteiger partial charge in [-0.25, -0.2) is 0 Å². The maximum atomic E-state index is 10.8. The third-order valence-electron chi connectivity index (χ3n) is 1.87. The van der Waals surface area contributed by atoms with Crippen LogP contribution >= 0.6 is 0 Å². The number of amides is 2. The molecule has 0 saturated heterocycles. The van der Waals surface area contributed by atoms with E-state index in [1.807, 2.05) is 6.07 Å². The van der Waals surface area contributed by atoms with Crippen LogP contribution < -0.4 is 11.5 Å². The summed E-state index contributed by atoms with van der Waals surface area (Å²) in [6, 6.07) is 6.87. The van der Waals surface area contributed by atoms with Gasteiger partial charge in [0.15, 0.2) is 0 Å². The molecular formula is C10H12N2O2. The summed E-state index contributed by atoms with van der Waals surface area (Å²) >= 11 is 0. The van der Waals surface area contributed by atoms with E-state index in [1.54, 1.807) is 18.2 Å². The van der Waals surface area contributed by atoms with E-state index in [-0.39, 0.29) is 12.3 Å². The number of primary amides is 2. The second-order valence-corrected chi connectivity index (χ2v) is 3.03. The molecule has 2 amide bonds. The molecule has 1 rings (SSSR count). The van der Waals surface area contributed by atoms with Crippen LogP contribution in [0.4, 0.5) is 0 Å². The van der Waals surface area contributed by atoms with E-state index in [0.29, 0.717) is 12.0 Å². The lowest BCUT2D eigenvalue weighted by molar-refractivity contribution is -0.117. The summed E-state index contributed by atoms with van der Waals surface area (Å²) in [6.45, 7) is 0. The number of carbonyl (C=O) groups excluding carboxylic acids is 2. The van der Waals surface area contributed by atoms with E-state index >= 15 is 0 Å². The van der Waals surface area contributed by atoms with Crippen molar-refractivity contribution >= 4 is 11.8 Å². The molecule has 0 aromatic heterocycles. The fourth-order valence-electron chi connectivity index (χ4n) is 1.15. The van der Waals surface area contributed by atoms with Crippen LogP contribution in [0, 0.1) is 0 Å². The van der Waals surface area contributed by atoms with Gasteiger partial charge in [0, 0.05) is 12.0 Å². The minimum Gasteiger partial charge on any atom is -0.370 e. The molecule has 0 heterocycles. The van der Waals surface area contributed by atoms with Gasteiger partial charge in [0.2, 0.25) is 11.8 Å². The Morgan fingerprint density at radius 3 is 2.50 bits per heavy atom. The lowest BCUT2D eigenvalue weighted by Gasteiger charge is -2.00. The molecule has 0 spiro atoms. The Morgan fingerprint density at radius 1 is 1.21 bits per heavy atom. The number of nitrogens with two attached hydrogens (primary N) is 2. The first-order chi connectivity index (χ1) is 6.59. The zero-order valence-corrected chi connectivity index (χ0v) is 7.69. The highest BCUT2D eigenvalue weighted by molar-refractivity contribution is 5.92. The molecule has 4 nitrogen and oxygen atoms in total. The second-order valence-electron chi connectivity index (χ2n) is 3.03. The highest BCUT2D eigenvalue weighted by atomic mass is 16.1. The van der Waals surface area contributed by atoms with Crippen LogP contribution in [0.15, 0.2) is 24.3 Å². The summed E-state index contributed by atoms with van der Waals surface area (Å²) in [5.74, 6) is -0.819. The Hall–Kier alpha value is -1.84. The molecule has 1 aromatic rings. The molecule has 0 bridgehead atoms. The van der Waals surface area contributed by atoms with Gasteiger partial charge in [-0.2, -0.15) is 0 Å². The van der Waals surface area contributed by atoms with Crippen molar-refractivity contribution in [1.82, 2.24) is 0 Å². The van der Waals surface area contributed by atoms with Gasteiger partial charge < -0.3 is 11.5 Å². The van der Waals surface area contributed by atoms with E-state index in [2.05, 4.69) is 0 Å². The molecule has 0 radical (unpaired) electrons. The molecule has 1 aromatic carbocycles. The van der Waals surface area contributed by atoms with Crippen molar-refractivity contribution in [2.24, 2.45) is 11.5 Å². The summed E-state index contributed by atoms with van der Waals surface area (Å²) < 4.78 is 0. The Morgan fingerprint density at radius 2 is 1.93 bits per heavy atom. The van der Waals surface area contributed by atoms with Gasteiger partial charge in [-0.15, -0.1) is 0 Å². The predicted molar refractivity (Wildman–Crippen MR) is 52.5 cm³/mol. The zero-order chi connectivity index (χ0) is 10.6. The van der Waals surface area contributed by atoms with Gasteiger partial charge in [0.25, 0.3) is 0 Å². The Kier molecular flexibility index (Phi) is 3.23. The molecule has 0 fully saturated rings. The van der Waals surface area contributed by atoms with E-state index < -0.39 is 5.91 Å². The topological polar surface area (TPSA) is 86.2 Å². The third kappa shape index (κ3) is 2.90. The Bertz CT molecular complexity index is 361. The number of rotatable bonds is 4. The van der Waals surface area contributed by atoms with Crippen molar-refractivity contribution in [3.05, 3.63) is 35.4 Å². The van der Waals surface area contributed by atoms with Crippen LogP contribution in [0.1, 0.15) is 22.3 Å². The van der Waals surface area contributed by atoms with Crippen molar-refractivity contribution in [3.8, 4) is 0 Å². The summed E-state index contributed by atoms with van der Waals surface area (Å²) in [4.78, 5) is 21.3. The number of benzene rings is 1. The SMILES string of the molecule is NC(=O)CCc1cccc(C(N)=O)c1. The minimum atomic E-state index is -0.467. The Labute approximate surface area is 81.9 Å². The lowest BCUT2D eigenvalue weighted by Crippen LogP contribution is -2.13. The van der Waals surface area contributed by atoms with Gasteiger partial charge in [0.1, 0.15) is 0 Å². The Balaban J connectivity index is 2.73. The molecule has 4 N–H and O–H groups in total. The molecule has 0 atom stereocenters. The van der Waals surface area contributed by atoms with Gasteiger partial charge in [0.05, 0.1) is 0 Å². The van der Waals surface area contributed by atoms with Gasteiger partial charge in [-0.05, 0) is 24.1 Å². The van der Waals surface area contributed by atoms with E-state index in [0.717, 1.165) is 5.56 Å². The number of carbonyl (C=O) groups is 2. The average Bonchev–Trinajstić information content (AvgIpc) is 2.15. The summed E-state index contributed by atoms with van der Waals surface area (Å²) in [7, 11) is 0. The van der Waals surface area contributed by atoms with Gasteiger partial charge >= 0.3 is 0 Å². The number of hydrogen-bond acceptors (Lipinski definition) is 2.